The van der Waals surface area contributed by atoms with Gasteiger partial charge in [-0.3, -0.25) is 9.59 Å². The molecule has 0 aliphatic heterocycles. The van der Waals surface area contributed by atoms with Crippen molar-refractivity contribution < 1.29 is 31.2 Å². The van der Waals surface area contributed by atoms with E-state index in [2.05, 4.69) is 0 Å². The SMILES string of the molecule is CC(=O)Oc1ccc(N(C(C)=O)S(=O)(=O)c2ccc(Cl)cc2)cc1S(=O)(=O)c1ccccc1. The van der Waals surface area contributed by atoms with Crippen molar-refractivity contribution in [2.45, 2.75) is 28.5 Å². The third-order valence-corrected chi connectivity index (χ3v) is 8.26. The van der Waals surface area contributed by atoms with Crippen molar-refractivity contribution in [3.05, 3.63) is 77.8 Å². The second-order valence-electron chi connectivity index (χ2n) is 6.78. The molecule has 0 radical (unpaired) electrons. The molecule has 3 aromatic carbocycles. The lowest BCUT2D eigenvalue weighted by molar-refractivity contribution is -0.132. The van der Waals surface area contributed by atoms with E-state index in [1.807, 2.05) is 0 Å². The number of halogens is 1. The summed E-state index contributed by atoms with van der Waals surface area (Å²) in [6, 6.07) is 15.8. The number of carbonyl (C=O) groups excluding carboxylic acids is 2. The summed E-state index contributed by atoms with van der Waals surface area (Å²) in [4.78, 5) is 23.1. The fourth-order valence-electron chi connectivity index (χ4n) is 3.00. The predicted molar refractivity (Wildman–Crippen MR) is 121 cm³/mol. The minimum absolute atomic E-state index is 0.106. The van der Waals surface area contributed by atoms with Crippen LogP contribution in [0.2, 0.25) is 5.02 Å². The van der Waals surface area contributed by atoms with Gasteiger partial charge in [-0.15, -0.1) is 0 Å². The van der Waals surface area contributed by atoms with Gasteiger partial charge in [-0.2, -0.15) is 0 Å². The molecule has 172 valence electrons. The van der Waals surface area contributed by atoms with E-state index in [1.54, 1.807) is 6.07 Å². The van der Waals surface area contributed by atoms with E-state index in [1.165, 1.54) is 54.6 Å². The topological polar surface area (TPSA) is 115 Å². The van der Waals surface area contributed by atoms with Crippen molar-refractivity contribution in [2.24, 2.45) is 0 Å². The van der Waals surface area contributed by atoms with Gasteiger partial charge in [-0.1, -0.05) is 29.8 Å². The number of hydrogen-bond acceptors (Lipinski definition) is 7. The van der Waals surface area contributed by atoms with Crippen LogP contribution < -0.4 is 9.04 Å². The Hall–Kier alpha value is -3.21. The molecule has 0 aliphatic carbocycles. The summed E-state index contributed by atoms with van der Waals surface area (Å²) in [5, 5.41) is 0.297. The standard InChI is InChI=1S/C22H18ClNO7S2/c1-15(25)24(33(29,30)20-11-8-17(23)9-12-20)18-10-13-21(31-16(2)26)22(14-18)32(27,28)19-6-4-3-5-7-19/h3-14H,1-2H3. The molecule has 0 saturated heterocycles. The second-order valence-corrected chi connectivity index (χ2v) is 10.9. The average Bonchev–Trinajstić information content (AvgIpc) is 2.75. The van der Waals surface area contributed by atoms with Crippen LogP contribution in [0.3, 0.4) is 0 Å². The van der Waals surface area contributed by atoms with Crippen LogP contribution in [0, 0.1) is 0 Å². The first-order valence-electron chi connectivity index (χ1n) is 9.38. The largest absolute Gasteiger partial charge is 0.425 e. The van der Waals surface area contributed by atoms with Gasteiger partial charge in [-0.25, -0.2) is 21.1 Å². The number of amides is 1. The second kappa shape index (κ2) is 9.34. The van der Waals surface area contributed by atoms with Crippen LogP contribution in [-0.4, -0.2) is 28.7 Å². The minimum Gasteiger partial charge on any atom is -0.425 e. The summed E-state index contributed by atoms with van der Waals surface area (Å²) in [6.07, 6.45) is 0. The molecule has 3 aromatic rings. The molecule has 0 heterocycles. The highest BCUT2D eigenvalue weighted by atomic mass is 35.5. The van der Waals surface area contributed by atoms with E-state index in [0.717, 1.165) is 26.0 Å². The van der Waals surface area contributed by atoms with Crippen molar-refractivity contribution in [1.82, 2.24) is 0 Å². The average molecular weight is 508 g/mol. The number of rotatable bonds is 6. The summed E-state index contributed by atoms with van der Waals surface area (Å²) in [5.41, 5.74) is -0.247. The summed E-state index contributed by atoms with van der Waals surface area (Å²) in [7, 11) is -8.65. The Labute approximate surface area is 196 Å². The van der Waals surface area contributed by atoms with Gasteiger partial charge in [0.15, 0.2) is 0 Å². The van der Waals surface area contributed by atoms with E-state index in [9.17, 15) is 26.4 Å². The van der Waals surface area contributed by atoms with Gasteiger partial charge in [0, 0.05) is 18.9 Å². The van der Waals surface area contributed by atoms with Crippen molar-refractivity contribution in [1.29, 1.82) is 0 Å². The van der Waals surface area contributed by atoms with Crippen LogP contribution in [0.4, 0.5) is 5.69 Å². The molecule has 11 heteroatoms. The maximum atomic E-state index is 13.3. The lowest BCUT2D eigenvalue weighted by atomic mass is 10.3. The maximum absolute atomic E-state index is 13.3. The molecule has 33 heavy (non-hydrogen) atoms. The quantitative estimate of drug-likeness (QED) is 0.367. The summed E-state index contributed by atoms with van der Waals surface area (Å²) >= 11 is 5.83. The van der Waals surface area contributed by atoms with Gasteiger partial charge >= 0.3 is 5.97 Å². The molecule has 0 aromatic heterocycles. The first-order chi connectivity index (χ1) is 15.4. The third-order valence-electron chi connectivity index (χ3n) is 4.40. The summed E-state index contributed by atoms with van der Waals surface area (Å²) in [5.74, 6) is -1.96. The van der Waals surface area contributed by atoms with Crippen molar-refractivity contribution in [3.63, 3.8) is 0 Å². The molecule has 0 spiro atoms. The Bertz CT molecular complexity index is 1420. The van der Waals surface area contributed by atoms with E-state index < -0.39 is 36.6 Å². The van der Waals surface area contributed by atoms with Crippen LogP contribution in [-0.2, 0) is 29.4 Å². The van der Waals surface area contributed by atoms with Crippen molar-refractivity contribution in [3.8, 4) is 5.75 Å². The monoisotopic (exact) mass is 507 g/mol. The normalized spacial score (nSPS) is 11.6. The Kier molecular flexibility index (Phi) is 6.92. The number of anilines is 1. The molecule has 3 rings (SSSR count). The molecule has 0 bridgehead atoms. The van der Waals surface area contributed by atoms with Crippen LogP contribution >= 0.6 is 11.6 Å². The zero-order valence-electron chi connectivity index (χ0n) is 17.4. The highest BCUT2D eigenvalue weighted by molar-refractivity contribution is 7.93. The first kappa shape index (κ1) is 24.4. The molecule has 0 atom stereocenters. The molecule has 0 saturated carbocycles. The highest BCUT2D eigenvalue weighted by Crippen LogP contribution is 2.35. The Morgan fingerprint density at radius 1 is 0.818 bits per heavy atom. The van der Waals surface area contributed by atoms with Crippen LogP contribution in [0.5, 0.6) is 5.75 Å². The Balaban J connectivity index is 2.24. The lowest BCUT2D eigenvalue weighted by Gasteiger charge is -2.22. The van der Waals surface area contributed by atoms with E-state index in [-0.39, 0.29) is 21.2 Å². The van der Waals surface area contributed by atoms with Crippen molar-refractivity contribution >= 4 is 49.0 Å². The number of benzene rings is 3. The molecule has 1 amide bonds. The van der Waals surface area contributed by atoms with E-state index >= 15 is 0 Å². The Morgan fingerprint density at radius 2 is 1.42 bits per heavy atom. The zero-order chi connectivity index (χ0) is 24.4. The van der Waals surface area contributed by atoms with Gasteiger partial charge in [0.1, 0.15) is 10.6 Å². The fraction of sp³-hybridized carbons (Fsp3) is 0.0909. The molecule has 0 unspecified atom stereocenters. The number of sulfone groups is 1. The molecular weight excluding hydrogens is 490 g/mol. The summed E-state index contributed by atoms with van der Waals surface area (Å²) < 4.78 is 58.5. The van der Waals surface area contributed by atoms with Gasteiger partial charge in [0.25, 0.3) is 10.0 Å². The van der Waals surface area contributed by atoms with E-state index in [4.69, 9.17) is 16.3 Å². The van der Waals surface area contributed by atoms with Gasteiger partial charge in [-0.05, 0) is 54.6 Å². The maximum Gasteiger partial charge on any atom is 0.308 e. The molecule has 8 nitrogen and oxygen atoms in total. The van der Waals surface area contributed by atoms with Crippen LogP contribution in [0.25, 0.3) is 0 Å². The van der Waals surface area contributed by atoms with E-state index in [0.29, 0.717) is 9.33 Å². The van der Waals surface area contributed by atoms with Gasteiger partial charge in [0.05, 0.1) is 15.5 Å². The van der Waals surface area contributed by atoms with Crippen molar-refractivity contribution in [2.75, 3.05) is 4.31 Å². The number of esters is 1. The van der Waals surface area contributed by atoms with Gasteiger partial charge in [0.2, 0.25) is 15.7 Å². The Morgan fingerprint density at radius 3 is 1.97 bits per heavy atom. The smallest absolute Gasteiger partial charge is 0.308 e. The van der Waals surface area contributed by atoms with Crippen LogP contribution in [0.15, 0.2) is 87.5 Å². The number of nitrogens with zero attached hydrogens (tertiary/aromatic N) is 1. The number of carbonyl (C=O) groups is 2. The third kappa shape index (κ3) is 5.08. The zero-order valence-corrected chi connectivity index (χ0v) is 19.8. The number of ether oxygens (including phenoxy) is 1. The van der Waals surface area contributed by atoms with Gasteiger partial charge < -0.3 is 4.74 Å². The lowest BCUT2D eigenvalue weighted by Crippen LogP contribution is -2.35. The fourth-order valence-corrected chi connectivity index (χ4v) is 5.97. The predicted octanol–water partition coefficient (Wildman–Crippen LogP) is 3.84. The molecule has 0 aliphatic rings. The number of hydrogen-bond donors (Lipinski definition) is 0. The number of sulfonamides is 1. The van der Waals surface area contributed by atoms with Crippen LogP contribution in [0.1, 0.15) is 13.8 Å². The highest BCUT2D eigenvalue weighted by Gasteiger charge is 2.31. The minimum atomic E-state index is -4.41. The molecular formula is C22H18ClNO7S2. The molecule has 0 N–H and O–H groups in total. The first-order valence-corrected chi connectivity index (χ1v) is 12.7. The molecule has 0 fully saturated rings. The summed E-state index contributed by atoms with van der Waals surface area (Å²) in [6.45, 7) is 2.12.